The van der Waals surface area contributed by atoms with Crippen LogP contribution in [0.2, 0.25) is 0 Å². The van der Waals surface area contributed by atoms with Gasteiger partial charge < -0.3 is 14.8 Å². The normalized spacial score (nSPS) is 12.5. The van der Waals surface area contributed by atoms with Gasteiger partial charge in [-0.05, 0) is 33.8 Å². The summed E-state index contributed by atoms with van der Waals surface area (Å²) < 4.78 is 37.2. The Balaban J connectivity index is 2.97. The van der Waals surface area contributed by atoms with Gasteiger partial charge in [0.15, 0.2) is 10.7 Å². The van der Waals surface area contributed by atoms with Gasteiger partial charge in [-0.15, -0.1) is 0 Å². The minimum absolute atomic E-state index is 0.157. The maximum absolute atomic E-state index is 12.6. The van der Waals surface area contributed by atoms with Crippen molar-refractivity contribution in [1.29, 1.82) is 0 Å². The molecular formula is C19H28N4O9S. The van der Waals surface area contributed by atoms with Gasteiger partial charge in [0.1, 0.15) is 11.6 Å². The molecule has 0 aliphatic heterocycles. The molecule has 0 aromatic heterocycles. The van der Waals surface area contributed by atoms with E-state index in [1.165, 1.54) is 12.1 Å². The van der Waals surface area contributed by atoms with E-state index in [0.29, 0.717) is 0 Å². The Hall–Kier alpha value is -3.10. The predicted octanol–water partition coefficient (Wildman–Crippen LogP) is 0.488. The fourth-order valence-corrected chi connectivity index (χ4v) is 3.64. The molecule has 0 aliphatic rings. The van der Waals surface area contributed by atoms with E-state index in [2.05, 4.69) is 15.4 Å². The number of alkyl carbamates (subject to hydrolysis) is 1. The van der Waals surface area contributed by atoms with E-state index in [9.17, 15) is 32.9 Å². The van der Waals surface area contributed by atoms with Crippen molar-refractivity contribution in [3.63, 3.8) is 0 Å². The number of esters is 1. The van der Waals surface area contributed by atoms with Crippen LogP contribution in [0.5, 0.6) is 0 Å². The van der Waals surface area contributed by atoms with Gasteiger partial charge in [0.25, 0.3) is 5.69 Å². The molecule has 0 bridgehead atoms. The lowest BCUT2D eigenvalue weighted by atomic mass is 10.2. The Kier molecular flexibility index (Phi) is 10.3. The van der Waals surface area contributed by atoms with Crippen molar-refractivity contribution < 1.29 is 37.2 Å². The van der Waals surface area contributed by atoms with Crippen LogP contribution >= 0.6 is 0 Å². The van der Waals surface area contributed by atoms with Gasteiger partial charge in [0.05, 0.1) is 24.6 Å². The number of ether oxygens (including phenoxy) is 2. The number of nitro groups is 1. The number of carbonyl (C=O) groups excluding carboxylic acids is 3. The largest absolute Gasteiger partial charge is 0.465 e. The fourth-order valence-electron chi connectivity index (χ4n) is 2.42. The van der Waals surface area contributed by atoms with Crippen LogP contribution in [0.4, 0.5) is 10.5 Å². The standard InChI is InChI=1S/C19H28N4O9S/c1-5-31-17(25)12-20-11-15(24)13(22-18(26)32-19(2,3)4)10-21-33(29,30)16-9-7-6-8-14(16)23(27)28/h6-9,13,20-21H,5,10-12H2,1-4H3,(H,22,26)/t13-/m0/s1. The monoisotopic (exact) mass is 488 g/mol. The minimum Gasteiger partial charge on any atom is -0.465 e. The Morgan fingerprint density at radius 3 is 2.36 bits per heavy atom. The van der Waals surface area contributed by atoms with E-state index in [1.807, 2.05) is 0 Å². The molecule has 1 aromatic rings. The summed E-state index contributed by atoms with van der Waals surface area (Å²) in [5.41, 5.74) is -1.53. The van der Waals surface area contributed by atoms with Gasteiger partial charge in [-0.2, -0.15) is 0 Å². The second-order valence-electron chi connectivity index (χ2n) is 7.65. The van der Waals surface area contributed by atoms with Crippen molar-refractivity contribution >= 4 is 33.6 Å². The highest BCUT2D eigenvalue weighted by Crippen LogP contribution is 2.22. The third-order valence-corrected chi connectivity index (χ3v) is 5.25. The maximum Gasteiger partial charge on any atom is 0.408 e. The van der Waals surface area contributed by atoms with Gasteiger partial charge in [-0.25, -0.2) is 17.9 Å². The summed E-state index contributed by atoms with van der Waals surface area (Å²) in [4.78, 5) is 45.8. The highest BCUT2D eigenvalue weighted by molar-refractivity contribution is 7.89. The molecule has 1 rings (SSSR count). The van der Waals surface area contributed by atoms with E-state index in [-0.39, 0.29) is 13.2 Å². The first-order valence-electron chi connectivity index (χ1n) is 9.88. The zero-order valence-corrected chi connectivity index (χ0v) is 19.6. The molecule has 1 amide bonds. The Labute approximate surface area is 191 Å². The number of hydrogen-bond donors (Lipinski definition) is 3. The smallest absolute Gasteiger partial charge is 0.408 e. The Morgan fingerprint density at radius 2 is 1.79 bits per heavy atom. The van der Waals surface area contributed by atoms with Crippen LogP contribution in [0, 0.1) is 10.1 Å². The average molecular weight is 489 g/mol. The van der Waals surface area contributed by atoms with Crippen molar-refractivity contribution in [1.82, 2.24) is 15.4 Å². The number of rotatable bonds is 12. The van der Waals surface area contributed by atoms with Crippen LogP contribution in [0.3, 0.4) is 0 Å². The number of nitrogens with zero attached hydrogens (tertiary/aromatic N) is 1. The number of hydrogen-bond acceptors (Lipinski definition) is 10. The van der Waals surface area contributed by atoms with Crippen LogP contribution < -0.4 is 15.4 Å². The van der Waals surface area contributed by atoms with Crippen molar-refractivity contribution in [3.8, 4) is 0 Å². The Bertz CT molecular complexity index is 974. The number of amides is 1. The van der Waals surface area contributed by atoms with Gasteiger partial charge in [-0.1, -0.05) is 12.1 Å². The van der Waals surface area contributed by atoms with Gasteiger partial charge in [0, 0.05) is 12.6 Å². The second kappa shape index (κ2) is 12.2. The van der Waals surface area contributed by atoms with Crippen LogP contribution in [-0.2, 0) is 29.1 Å². The zero-order valence-electron chi connectivity index (χ0n) is 18.7. The number of benzene rings is 1. The molecule has 0 fully saturated rings. The molecular weight excluding hydrogens is 460 g/mol. The van der Waals surface area contributed by atoms with Crippen molar-refractivity contribution in [2.75, 3.05) is 26.2 Å². The molecule has 0 saturated carbocycles. The van der Waals surface area contributed by atoms with E-state index in [1.54, 1.807) is 27.7 Å². The molecule has 1 atom stereocenters. The lowest BCUT2D eigenvalue weighted by molar-refractivity contribution is -0.387. The maximum atomic E-state index is 12.6. The number of nitro benzene ring substituents is 1. The number of Topliss-reactive ketones (excluding diaryl/α,β-unsaturated/α-hetero) is 1. The number of carbonyl (C=O) groups is 3. The molecule has 3 N–H and O–H groups in total. The fraction of sp³-hybridized carbons (Fsp3) is 0.526. The number of nitrogens with one attached hydrogen (secondary N) is 3. The van der Waals surface area contributed by atoms with Crippen molar-refractivity contribution in [3.05, 3.63) is 34.4 Å². The van der Waals surface area contributed by atoms with Crippen molar-refractivity contribution in [2.24, 2.45) is 0 Å². The van der Waals surface area contributed by atoms with Crippen LogP contribution in [0.1, 0.15) is 27.7 Å². The second-order valence-corrected chi connectivity index (χ2v) is 9.39. The molecule has 0 unspecified atom stereocenters. The van der Waals surface area contributed by atoms with E-state index >= 15 is 0 Å². The SMILES string of the molecule is CCOC(=O)CNCC(=O)[C@H](CNS(=O)(=O)c1ccccc1[N+](=O)[O-])NC(=O)OC(C)(C)C. The summed E-state index contributed by atoms with van der Waals surface area (Å²) in [6.07, 6.45) is -0.976. The summed E-state index contributed by atoms with van der Waals surface area (Å²) in [6, 6.07) is 3.28. The number of para-hydroxylation sites is 1. The van der Waals surface area contributed by atoms with E-state index in [4.69, 9.17) is 9.47 Å². The quantitative estimate of drug-likeness (QED) is 0.212. The minimum atomic E-state index is -4.41. The predicted molar refractivity (Wildman–Crippen MR) is 116 cm³/mol. The molecule has 13 nitrogen and oxygen atoms in total. The van der Waals surface area contributed by atoms with Gasteiger partial charge in [0.2, 0.25) is 10.0 Å². The molecule has 33 heavy (non-hydrogen) atoms. The van der Waals surface area contributed by atoms with Gasteiger partial charge in [-0.3, -0.25) is 25.0 Å². The first kappa shape index (κ1) is 27.9. The zero-order chi connectivity index (χ0) is 25.2. The van der Waals surface area contributed by atoms with Crippen LogP contribution in [0.25, 0.3) is 0 Å². The van der Waals surface area contributed by atoms with E-state index in [0.717, 1.165) is 12.1 Å². The number of ketones is 1. The summed E-state index contributed by atoms with van der Waals surface area (Å²) >= 11 is 0. The highest BCUT2D eigenvalue weighted by atomic mass is 32.2. The molecule has 0 radical (unpaired) electrons. The van der Waals surface area contributed by atoms with Crippen LogP contribution in [0.15, 0.2) is 29.2 Å². The van der Waals surface area contributed by atoms with Gasteiger partial charge >= 0.3 is 12.1 Å². The number of sulfonamides is 1. The lowest BCUT2D eigenvalue weighted by Gasteiger charge is -2.23. The molecule has 0 saturated heterocycles. The third-order valence-electron chi connectivity index (χ3n) is 3.78. The molecule has 184 valence electrons. The summed E-state index contributed by atoms with van der Waals surface area (Å²) in [5.74, 6) is -1.27. The summed E-state index contributed by atoms with van der Waals surface area (Å²) in [6.45, 7) is 5.28. The highest BCUT2D eigenvalue weighted by Gasteiger charge is 2.29. The average Bonchev–Trinajstić information content (AvgIpc) is 2.69. The lowest BCUT2D eigenvalue weighted by Crippen LogP contribution is -2.52. The Morgan fingerprint density at radius 1 is 1.15 bits per heavy atom. The first-order chi connectivity index (χ1) is 15.3. The van der Waals surface area contributed by atoms with Crippen LogP contribution in [-0.4, -0.2) is 69.1 Å². The summed E-state index contributed by atoms with van der Waals surface area (Å²) in [5, 5.41) is 16.0. The molecule has 14 heteroatoms. The molecule has 0 spiro atoms. The molecule has 0 heterocycles. The molecule has 0 aliphatic carbocycles. The summed E-state index contributed by atoms with van der Waals surface area (Å²) in [7, 11) is -4.41. The topological polar surface area (TPSA) is 183 Å². The first-order valence-corrected chi connectivity index (χ1v) is 11.4. The molecule has 1 aromatic carbocycles. The van der Waals surface area contributed by atoms with E-state index < -0.39 is 68.1 Å². The van der Waals surface area contributed by atoms with Crippen molar-refractivity contribution in [2.45, 2.75) is 44.2 Å². The third kappa shape index (κ3) is 9.93.